The van der Waals surface area contributed by atoms with Crippen molar-refractivity contribution in [3.05, 3.63) is 35.0 Å². The van der Waals surface area contributed by atoms with E-state index in [2.05, 4.69) is 10.2 Å². The van der Waals surface area contributed by atoms with Crippen LogP contribution in [-0.4, -0.2) is 43.1 Å². The minimum Gasteiger partial charge on any atom is -0.495 e. The van der Waals surface area contributed by atoms with Gasteiger partial charge in [0.2, 0.25) is 21.8 Å². The molecule has 8 heteroatoms. The van der Waals surface area contributed by atoms with Gasteiger partial charge in [-0.15, -0.1) is 10.2 Å². The summed E-state index contributed by atoms with van der Waals surface area (Å²) in [6, 6.07) is 3.47. The van der Waals surface area contributed by atoms with Gasteiger partial charge in [-0.2, -0.15) is 4.31 Å². The molecule has 136 valence electrons. The molecule has 0 bridgehead atoms. The van der Waals surface area contributed by atoms with Crippen LogP contribution in [0.1, 0.15) is 41.7 Å². The van der Waals surface area contributed by atoms with Crippen molar-refractivity contribution in [3.63, 3.8) is 0 Å². The van der Waals surface area contributed by atoms with E-state index in [-0.39, 0.29) is 10.8 Å². The first-order chi connectivity index (χ1) is 11.8. The second-order valence-corrected chi connectivity index (χ2v) is 8.33. The maximum atomic E-state index is 13.1. The maximum Gasteiger partial charge on any atom is 0.246 e. The average Bonchev–Trinajstić information content (AvgIpc) is 3.03. The Morgan fingerprint density at radius 2 is 1.76 bits per heavy atom. The Kier molecular flexibility index (Phi) is 4.83. The molecule has 3 rings (SSSR count). The average molecular weight is 365 g/mol. The van der Waals surface area contributed by atoms with Crippen LogP contribution in [0, 0.1) is 20.8 Å². The summed E-state index contributed by atoms with van der Waals surface area (Å²) in [5.74, 6) is 1.62. The van der Waals surface area contributed by atoms with Crippen LogP contribution in [0.2, 0.25) is 0 Å². The van der Waals surface area contributed by atoms with Crippen molar-refractivity contribution in [2.45, 2.75) is 44.4 Å². The van der Waals surface area contributed by atoms with Gasteiger partial charge in [-0.25, -0.2) is 8.42 Å². The lowest BCUT2D eigenvalue weighted by Gasteiger charge is -2.30. The zero-order valence-corrected chi connectivity index (χ0v) is 15.8. The molecular formula is C17H23N3O4S. The number of aromatic nitrogens is 2. The molecule has 0 saturated carbocycles. The number of sulfonamides is 1. The molecule has 2 heterocycles. The second-order valence-electron chi connectivity index (χ2n) is 6.43. The van der Waals surface area contributed by atoms with Crippen LogP contribution in [0.25, 0.3) is 0 Å². The number of piperidine rings is 1. The smallest absolute Gasteiger partial charge is 0.246 e. The standard InChI is InChI=1S/C17H23N3O4S/c1-11-9-15(23-4)16(10-12(11)2)25(21,22)20-7-5-14(6-8-20)17-19-18-13(3)24-17/h9-10,14H,5-8H2,1-4H3. The van der Waals surface area contributed by atoms with Gasteiger partial charge in [-0.1, -0.05) is 0 Å². The summed E-state index contributed by atoms with van der Waals surface area (Å²) in [4.78, 5) is 0.227. The topological polar surface area (TPSA) is 85.5 Å². The lowest BCUT2D eigenvalue weighted by Crippen LogP contribution is -2.38. The summed E-state index contributed by atoms with van der Waals surface area (Å²) in [7, 11) is -2.11. The third kappa shape index (κ3) is 3.41. The minimum atomic E-state index is -3.60. The number of benzene rings is 1. The van der Waals surface area contributed by atoms with Gasteiger partial charge in [0, 0.05) is 25.9 Å². The summed E-state index contributed by atoms with van der Waals surface area (Å²) in [6.45, 7) is 6.43. The van der Waals surface area contributed by atoms with Gasteiger partial charge in [0.15, 0.2) is 0 Å². The van der Waals surface area contributed by atoms with E-state index in [1.165, 1.54) is 11.4 Å². The molecule has 0 amide bonds. The van der Waals surface area contributed by atoms with E-state index >= 15 is 0 Å². The SMILES string of the molecule is COc1cc(C)c(C)cc1S(=O)(=O)N1CCC(c2nnc(C)o2)CC1. The fourth-order valence-electron chi connectivity index (χ4n) is 3.08. The van der Waals surface area contributed by atoms with Crippen LogP contribution in [0.15, 0.2) is 21.4 Å². The first kappa shape index (κ1) is 17.9. The number of ether oxygens (including phenoxy) is 1. The monoisotopic (exact) mass is 365 g/mol. The molecule has 0 radical (unpaired) electrons. The molecule has 1 aromatic heterocycles. The van der Waals surface area contributed by atoms with Crippen molar-refractivity contribution in [2.75, 3.05) is 20.2 Å². The lowest BCUT2D eigenvalue weighted by molar-refractivity contribution is 0.286. The van der Waals surface area contributed by atoms with Crippen molar-refractivity contribution >= 4 is 10.0 Å². The first-order valence-corrected chi connectivity index (χ1v) is 9.72. The van der Waals surface area contributed by atoms with E-state index in [9.17, 15) is 8.42 Å². The molecule has 7 nitrogen and oxygen atoms in total. The maximum absolute atomic E-state index is 13.1. The van der Waals surface area contributed by atoms with Crippen molar-refractivity contribution in [2.24, 2.45) is 0 Å². The molecule has 0 N–H and O–H groups in total. The molecule has 0 spiro atoms. The molecule has 0 atom stereocenters. The summed E-state index contributed by atoms with van der Waals surface area (Å²) in [5, 5.41) is 7.91. The number of rotatable bonds is 4. The predicted octanol–water partition coefficient (Wildman–Crippen LogP) is 2.57. The highest BCUT2D eigenvalue weighted by Crippen LogP contribution is 2.34. The molecule has 1 fully saturated rings. The Balaban J connectivity index is 1.82. The molecule has 25 heavy (non-hydrogen) atoms. The summed E-state index contributed by atoms with van der Waals surface area (Å²) in [6.07, 6.45) is 1.32. The lowest BCUT2D eigenvalue weighted by atomic mass is 9.98. The fourth-order valence-corrected chi connectivity index (χ4v) is 4.78. The third-order valence-corrected chi connectivity index (χ3v) is 6.66. The molecule has 1 aromatic carbocycles. The van der Waals surface area contributed by atoms with Crippen molar-refractivity contribution in [1.82, 2.24) is 14.5 Å². The number of methoxy groups -OCH3 is 1. The Morgan fingerprint density at radius 3 is 2.32 bits per heavy atom. The van der Waals surface area contributed by atoms with Gasteiger partial charge in [0.25, 0.3) is 0 Å². The van der Waals surface area contributed by atoms with E-state index < -0.39 is 10.0 Å². The Morgan fingerprint density at radius 1 is 1.12 bits per heavy atom. The highest BCUT2D eigenvalue weighted by molar-refractivity contribution is 7.89. The second kappa shape index (κ2) is 6.76. The van der Waals surface area contributed by atoms with E-state index in [4.69, 9.17) is 9.15 Å². The van der Waals surface area contributed by atoms with Crippen molar-refractivity contribution in [3.8, 4) is 5.75 Å². The van der Waals surface area contributed by atoms with Crippen LogP contribution >= 0.6 is 0 Å². The van der Waals surface area contributed by atoms with Crippen LogP contribution in [0.5, 0.6) is 5.75 Å². The first-order valence-electron chi connectivity index (χ1n) is 8.28. The highest BCUT2D eigenvalue weighted by Gasteiger charge is 2.33. The zero-order chi connectivity index (χ0) is 18.2. The summed E-state index contributed by atoms with van der Waals surface area (Å²) in [5.41, 5.74) is 1.93. The molecule has 1 saturated heterocycles. The van der Waals surface area contributed by atoms with E-state index in [0.717, 1.165) is 11.1 Å². The van der Waals surface area contributed by atoms with Gasteiger partial charge in [0.05, 0.1) is 7.11 Å². The van der Waals surface area contributed by atoms with Gasteiger partial charge in [-0.3, -0.25) is 0 Å². The van der Waals surface area contributed by atoms with Gasteiger partial charge in [-0.05, 0) is 49.9 Å². The molecule has 0 unspecified atom stereocenters. The highest BCUT2D eigenvalue weighted by atomic mass is 32.2. The Hall–Kier alpha value is -1.93. The van der Waals surface area contributed by atoms with E-state index in [1.807, 2.05) is 13.8 Å². The number of aryl methyl sites for hydroxylation is 3. The number of nitrogens with zero attached hydrogens (tertiary/aromatic N) is 3. The fraction of sp³-hybridized carbons (Fsp3) is 0.529. The largest absolute Gasteiger partial charge is 0.495 e. The van der Waals surface area contributed by atoms with Gasteiger partial charge >= 0.3 is 0 Å². The number of hydrogen-bond acceptors (Lipinski definition) is 6. The molecule has 2 aromatic rings. The Labute approximate surface area is 148 Å². The predicted molar refractivity (Wildman–Crippen MR) is 92.2 cm³/mol. The van der Waals surface area contributed by atoms with Crippen molar-refractivity contribution < 1.29 is 17.6 Å². The molecular weight excluding hydrogens is 342 g/mol. The van der Waals surface area contributed by atoms with E-state index in [1.54, 1.807) is 19.1 Å². The summed E-state index contributed by atoms with van der Waals surface area (Å²) >= 11 is 0. The van der Waals surface area contributed by atoms with Crippen molar-refractivity contribution in [1.29, 1.82) is 0 Å². The summed E-state index contributed by atoms with van der Waals surface area (Å²) < 4.78 is 38.5. The van der Waals surface area contributed by atoms with Crippen LogP contribution in [0.4, 0.5) is 0 Å². The minimum absolute atomic E-state index is 0.106. The van der Waals surface area contributed by atoms with Gasteiger partial charge < -0.3 is 9.15 Å². The van der Waals surface area contributed by atoms with Gasteiger partial charge in [0.1, 0.15) is 10.6 Å². The molecule has 1 aliphatic rings. The van der Waals surface area contributed by atoms with Crippen LogP contribution in [-0.2, 0) is 10.0 Å². The normalized spacial score (nSPS) is 17.0. The number of hydrogen-bond donors (Lipinski definition) is 0. The zero-order valence-electron chi connectivity index (χ0n) is 14.9. The molecule has 0 aliphatic carbocycles. The van der Waals surface area contributed by atoms with E-state index in [0.29, 0.717) is 43.5 Å². The quantitative estimate of drug-likeness (QED) is 0.828. The Bertz CT molecular complexity index is 868. The van der Waals surface area contributed by atoms with Crippen LogP contribution < -0.4 is 4.74 Å². The van der Waals surface area contributed by atoms with Crippen LogP contribution in [0.3, 0.4) is 0 Å². The third-order valence-electron chi connectivity index (χ3n) is 4.74. The molecule has 1 aliphatic heterocycles.